The molecule has 1 aromatic heterocycles. The number of benzene rings is 1. The van der Waals surface area contributed by atoms with Gasteiger partial charge in [0.2, 0.25) is 0 Å². The highest BCUT2D eigenvalue weighted by molar-refractivity contribution is 5.29. The van der Waals surface area contributed by atoms with E-state index in [-0.39, 0.29) is 5.82 Å². The predicted octanol–water partition coefficient (Wildman–Crippen LogP) is 2.43. The lowest BCUT2D eigenvalue weighted by molar-refractivity contribution is 0.301. The van der Waals surface area contributed by atoms with Crippen LogP contribution in [0.4, 0.5) is 4.39 Å². The van der Waals surface area contributed by atoms with Crippen LogP contribution < -0.4 is 10.1 Å². The van der Waals surface area contributed by atoms with Crippen LogP contribution in [0, 0.1) is 5.82 Å². The van der Waals surface area contributed by atoms with Crippen molar-refractivity contribution in [2.24, 2.45) is 7.05 Å². The average molecular weight is 289 g/mol. The molecule has 0 atom stereocenters. The van der Waals surface area contributed by atoms with E-state index in [1.165, 1.54) is 12.8 Å². The van der Waals surface area contributed by atoms with E-state index < -0.39 is 0 Å². The van der Waals surface area contributed by atoms with Gasteiger partial charge in [-0.3, -0.25) is 0 Å². The zero-order valence-corrected chi connectivity index (χ0v) is 12.2. The molecule has 0 aliphatic heterocycles. The third-order valence-corrected chi connectivity index (χ3v) is 3.67. The molecule has 1 aliphatic carbocycles. The van der Waals surface area contributed by atoms with Gasteiger partial charge in [-0.25, -0.2) is 9.37 Å². The summed E-state index contributed by atoms with van der Waals surface area (Å²) in [6.07, 6.45) is 6.76. The van der Waals surface area contributed by atoms with Crippen molar-refractivity contribution in [3.63, 3.8) is 0 Å². The van der Waals surface area contributed by atoms with Crippen molar-refractivity contribution in [3.05, 3.63) is 47.8 Å². The van der Waals surface area contributed by atoms with Crippen LogP contribution in [0.2, 0.25) is 0 Å². The van der Waals surface area contributed by atoms with Crippen molar-refractivity contribution in [1.82, 2.24) is 14.9 Å². The molecular formula is C16H20FN3O. The molecule has 0 amide bonds. The number of rotatable bonds is 7. The number of hydrogen-bond donors (Lipinski definition) is 1. The molecule has 1 fully saturated rings. The molecule has 4 nitrogen and oxygen atoms in total. The summed E-state index contributed by atoms with van der Waals surface area (Å²) in [5, 5.41) is 3.37. The number of halogens is 1. The third-order valence-electron chi connectivity index (χ3n) is 3.67. The Morgan fingerprint density at radius 2 is 2.29 bits per heavy atom. The van der Waals surface area contributed by atoms with Crippen LogP contribution in [0.25, 0.3) is 0 Å². The molecule has 0 saturated heterocycles. The van der Waals surface area contributed by atoms with Gasteiger partial charge in [0.1, 0.15) is 5.82 Å². The maximum Gasteiger partial charge on any atom is 0.165 e. The summed E-state index contributed by atoms with van der Waals surface area (Å²) in [6.45, 7) is 1.14. The lowest BCUT2D eigenvalue weighted by Gasteiger charge is -2.09. The van der Waals surface area contributed by atoms with Gasteiger partial charge in [0.05, 0.1) is 6.61 Å². The number of nitrogens with one attached hydrogen (secondary N) is 1. The van der Waals surface area contributed by atoms with Crippen LogP contribution in [0.5, 0.6) is 5.75 Å². The summed E-state index contributed by atoms with van der Waals surface area (Å²) in [7, 11) is 1.94. The Kier molecular flexibility index (Phi) is 4.20. The van der Waals surface area contributed by atoms with Crippen LogP contribution in [0.15, 0.2) is 30.6 Å². The summed E-state index contributed by atoms with van der Waals surface area (Å²) >= 11 is 0. The van der Waals surface area contributed by atoms with E-state index in [1.807, 2.05) is 23.9 Å². The molecule has 0 spiro atoms. The number of ether oxygens (including phenoxy) is 1. The fourth-order valence-corrected chi connectivity index (χ4v) is 2.21. The summed E-state index contributed by atoms with van der Waals surface area (Å²) in [5.74, 6) is 0.935. The van der Waals surface area contributed by atoms with E-state index in [9.17, 15) is 4.39 Å². The molecule has 5 heteroatoms. The van der Waals surface area contributed by atoms with Gasteiger partial charge in [0.25, 0.3) is 0 Å². The summed E-state index contributed by atoms with van der Waals surface area (Å²) in [6, 6.07) is 5.79. The van der Waals surface area contributed by atoms with E-state index in [0.717, 1.165) is 17.9 Å². The van der Waals surface area contributed by atoms with Crippen LogP contribution in [0.1, 0.15) is 24.2 Å². The molecule has 1 saturated carbocycles. The number of nitrogens with zero attached hydrogens (tertiary/aromatic N) is 2. The van der Waals surface area contributed by atoms with E-state index in [4.69, 9.17) is 4.74 Å². The summed E-state index contributed by atoms with van der Waals surface area (Å²) in [4.78, 5) is 4.21. The Morgan fingerprint density at radius 3 is 2.95 bits per heavy atom. The highest BCUT2D eigenvalue weighted by Gasteiger charge is 2.20. The van der Waals surface area contributed by atoms with Gasteiger partial charge in [-0.05, 0) is 30.5 Å². The SMILES string of the molecule is Cn1ccnc1CCOc1ccc(CNC2CC2)cc1F. The number of hydrogen-bond acceptors (Lipinski definition) is 3. The first-order valence-electron chi connectivity index (χ1n) is 7.33. The van der Waals surface area contributed by atoms with Crippen LogP contribution >= 0.6 is 0 Å². The van der Waals surface area contributed by atoms with Gasteiger partial charge in [0, 0.05) is 38.4 Å². The molecular weight excluding hydrogens is 269 g/mol. The van der Waals surface area contributed by atoms with E-state index in [1.54, 1.807) is 18.3 Å². The third kappa shape index (κ3) is 3.82. The first-order chi connectivity index (χ1) is 10.2. The largest absolute Gasteiger partial charge is 0.490 e. The van der Waals surface area contributed by atoms with Crippen LogP contribution in [-0.2, 0) is 20.0 Å². The zero-order valence-electron chi connectivity index (χ0n) is 12.2. The van der Waals surface area contributed by atoms with E-state index in [2.05, 4.69) is 10.3 Å². The molecule has 3 rings (SSSR count). The monoisotopic (exact) mass is 289 g/mol. The molecule has 0 bridgehead atoms. The minimum Gasteiger partial charge on any atom is -0.490 e. The van der Waals surface area contributed by atoms with Crippen molar-refractivity contribution in [3.8, 4) is 5.75 Å². The highest BCUT2D eigenvalue weighted by atomic mass is 19.1. The number of aryl methyl sites for hydroxylation is 1. The number of imidazole rings is 1. The smallest absolute Gasteiger partial charge is 0.165 e. The fraction of sp³-hybridized carbons (Fsp3) is 0.438. The summed E-state index contributed by atoms with van der Waals surface area (Å²) in [5.41, 5.74) is 0.954. The molecule has 2 aromatic rings. The quantitative estimate of drug-likeness (QED) is 0.851. The molecule has 1 heterocycles. The maximum atomic E-state index is 14.0. The van der Waals surface area contributed by atoms with Crippen molar-refractivity contribution in [2.45, 2.75) is 31.8 Å². The second kappa shape index (κ2) is 6.26. The number of aromatic nitrogens is 2. The normalized spacial score (nSPS) is 14.4. The molecule has 21 heavy (non-hydrogen) atoms. The van der Waals surface area contributed by atoms with Gasteiger partial charge in [-0.15, -0.1) is 0 Å². The standard InChI is InChI=1S/C16H20FN3O/c1-20-8-7-18-16(20)6-9-21-15-5-2-12(10-14(15)17)11-19-13-3-4-13/h2,5,7-8,10,13,19H,3-4,6,9,11H2,1H3. The van der Waals surface area contributed by atoms with E-state index >= 15 is 0 Å². The Hall–Kier alpha value is -1.88. The molecule has 112 valence electrons. The van der Waals surface area contributed by atoms with Gasteiger partial charge in [-0.1, -0.05) is 6.07 Å². The average Bonchev–Trinajstić information content (AvgIpc) is 3.22. The minimum absolute atomic E-state index is 0.301. The van der Waals surface area contributed by atoms with Gasteiger partial charge in [-0.2, -0.15) is 0 Å². The highest BCUT2D eigenvalue weighted by Crippen LogP contribution is 2.21. The first kappa shape index (κ1) is 14.1. The molecule has 1 aromatic carbocycles. The molecule has 1 aliphatic rings. The zero-order chi connectivity index (χ0) is 14.7. The Balaban J connectivity index is 1.51. The lowest BCUT2D eigenvalue weighted by atomic mass is 10.2. The van der Waals surface area contributed by atoms with Crippen molar-refractivity contribution < 1.29 is 9.13 Å². The Labute approximate surface area is 124 Å². The molecule has 0 radical (unpaired) electrons. The lowest BCUT2D eigenvalue weighted by Crippen LogP contribution is -2.15. The molecule has 1 N–H and O–H groups in total. The molecule has 0 unspecified atom stereocenters. The summed E-state index contributed by atoms with van der Waals surface area (Å²) < 4.78 is 21.4. The minimum atomic E-state index is -0.301. The van der Waals surface area contributed by atoms with Gasteiger partial charge < -0.3 is 14.6 Å². The fourth-order valence-electron chi connectivity index (χ4n) is 2.21. The van der Waals surface area contributed by atoms with Gasteiger partial charge >= 0.3 is 0 Å². The topological polar surface area (TPSA) is 39.1 Å². The van der Waals surface area contributed by atoms with E-state index in [0.29, 0.717) is 24.8 Å². The Morgan fingerprint density at radius 1 is 1.43 bits per heavy atom. The predicted molar refractivity (Wildman–Crippen MR) is 78.7 cm³/mol. The van der Waals surface area contributed by atoms with Crippen molar-refractivity contribution in [1.29, 1.82) is 0 Å². The van der Waals surface area contributed by atoms with Crippen molar-refractivity contribution >= 4 is 0 Å². The Bertz CT molecular complexity index is 607. The van der Waals surface area contributed by atoms with Gasteiger partial charge in [0.15, 0.2) is 11.6 Å². The second-order valence-corrected chi connectivity index (χ2v) is 5.47. The maximum absolute atomic E-state index is 14.0. The second-order valence-electron chi connectivity index (χ2n) is 5.47. The first-order valence-corrected chi connectivity index (χ1v) is 7.33. The van der Waals surface area contributed by atoms with Crippen molar-refractivity contribution in [2.75, 3.05) is 6.61 Å². The van der Waals surface area contributed by atoms with Crippen LogP contribution in [-0.4, -0.2) is 22.2 Å². The van der Waals surface area contributed by atoms with Crippen LogP contribution in [0.3, 0.4) is 0 Å².